The van der Waals surface area contributed by atoms with Crippen LogP contribution in [0.4, 0.5) is 0 Å². The van der Waals surface area contributed by atoms with Crippen LogP contribution in [0.3, 0.4) is 0 Å². The number of rotatable bonds is 5. The molecular weight excluding hydrogens is 244 g/mol. The Hall–Kier alpha value is -0.870. The quantitative estimate of drug-likeness (QED) is 0.892. The summed E-state index contributed by atoms with van der Waals surface area (Å²) < 4.78 is 0. The summed E-state index contributed by atoms with van der Waals surface area (Å²) in [7, 11) is 1.84. The van der Waals surface area contributed by atoms with Gasteiger partial charge in [-0.1, -0.05) is 20.8 Å². The minimum Gasteiger partial charge on any atom is -0.341 e. The predicted molar refractivity (Wildman–Crippen MR) is 77.5 cm³/mol. The van der Waals surface area contributed by atoms with Crippen molar-refractivity contribution in [2.75, 3.05) is 7.05 Å². The molecular formula is C14H24N2OS. The third-order valence-electron chi connectivity index (χ3n) is 2.74. The lowest BCUT2D eigenvalue weighted by Crippen LogP contribution is -2.35. The molecule has 3 nitrogen and oxygen atoms in total. The molecule has 1 atom stereocenters. The van der Waals surface area contributed by atoms with Gasteiger partial charge in [-0.2, -0.15) is 11.3 Å². The van der Waals surface area contributed by atoms with Crippen molar-refractivity contribution in [1.29, 1.82) is 0 Å². The molecule has 0 aromatic carbocycles. The van der Waals surface area contributed by atoms with E-state index in [4.69, 9.17) is 5.73 Å². The van der Waals surface area contributed by atoms with E-state index in [-0.39, 0.29) is 17.4 Å². The third-order valence-corrected chi connectivity index (χ3v) is 3.47. The SMILES string of the molecule is CN(Cc1ccsc1)C(=O)CC(N)CC(C)(C)C. The first-order valence-electron chi connectivity index (χ1n) is 6.28. The van der Waals surface area contributed by atoms with Crippen LogP contribution in [0.15, 0.2) is 16.8 Å². The van der Waals surface area contributed by atoms with Gasteiger partial charge in [-0.25, -0.2) is 0 Å². The van der Waals surface area contributed by atoms with Gasteiger partial charge in [0.05, 0.1) is 0 Å². The maximum absolute atomic E-state index is 12.0. The lowest BCUT2D eigenvalue weighted by atomic mass is 9.87. The lowest BCUT2D eigenvalue weighted by molar-refractivity contribution is -0.130. The zero-order valence-electron chi connectivity index (χ0n) is 11.8. The number of thiophene rings is 1. The molecule has 1 aromatic rings. The van der Waals surface area contributed by atoms with Crippen molar-refractivity contribution in [2.45, 2.75) is 46.2 Å². The molecule has 0 aliphatic carbocycles. The Labute approximate surface area is 114 Å². The molecule has 1 amide bonds. The van der Waals surface area contributed by atoms with Crippen molar-refractivity contribution < 1.29 is 4.79 Å². The van der Waals surface area contributed by atoms with Crippen molar-refractivity contribution in [1.82, 2.24) is 4.90 Å². The van der Waals surface area contributed by atoms with Gasteiger partial charge in [-0.05, 0) is 34.2 Å². The molecule has 0 radical (unpaired) electrons. The number of hydrogen-bond acceptors (Lipinski definition) is 3. The average molecular weight is 268 g/mol. The first-order valence-corrected chi connectivity index (χ1v) is 7.23. The van der Waals surface area contributed by atoms with Gasteiger partial charge in [0.2, 0.25) is 5.91 Å². The van der Waals surface area contributed by atoms with Gasteiger partial charge >= 0.3 is 0 Å². The Morgan fingerprint density at radius 1 is 1.50 bits per heavy atom. The highest BCUT2D eigenvalue weighted by Crippen LogP contribution is 2.21. The Balaban J connectivity index is 2.40. The van der Waals surface area contributed by atoms with Gasteiger partial charge in [-0.15, -0.1) is 0 Å². The maximum Gasteiger partial charge on any atom is 0.224 e. The lowest BCUT2D eigenvalue weighted by Gasteiger charge is -2.24. The van der Waals surface area contributed by atoms with Gasteiger partial charge in [0.15, 0.2) is 0 Å². The van der Waals surface area contributed by atoms with Crippen LogP contribution in [0.2, 0.25) is 0 Å². The summed E-state index contributed by atoms with van der Waals surface area (Å²) in [5.74, 6) is 0.123. The van der Waals surface area contributed by atoms with Crippen molar-refractivity contribution >= 4 is 17.2 Å². The average Bonchev–Trinajstić information content (AvgIpc) is 2.66. The van der Waals surface area contributed by atoms with Gasteiger partial charge in [0.25, 0.3) is 0 Å². The second-order valence-electron chi connectivity index (χ2n) is 6.11. The molecule has 0 spiro atoms. The summed E-state index contributed by atoms with van der Waals surface area (Å²) >= 11 is 1.65. The summed E-state index contributed by atoms with van der Waals surface area (Å²) in [6, 6.07) is 1.99. The Morgan fingerprint density at radius 2 is 2.17 bits per heavy atom. The number of carbonyl (C=O) groups is 1. The van der Waals surface area contributed by atoms with Crippen LogP contribution in [-0.2, 0) is 11.3 Å². The molecule has 2 N–H and O–H groups in total. The molecule has 0 saturated heterocycles. The van der Waals surface area contributed by atoms with Gasteiger partial charge in [0.1, 0.15) is 0 Å². The fourth-order valence-corrected chi connectivity index (χ4v) is 2.64. The standard InChI is InChI=1S/C14H24N2OS/c1-14(2,3)8-12(15)7-13(17)16(4)9-11-5-6-18-10-11/h5-6,10,12H,7-9,15H2,1-4H3. The minimum atomic E-state index is -0.0533. The van der Waals surface area contributed by atoms with Crippen LogP contribution in [0.5, 0.6) is 0 Å². The van der Waals surface area contributed by atoms with E-state index in [9.17, 15) is 4.79 Å². The highest BCUT2D eigenvalue weighted by molar-refractivity contribution is 7.07. The van der Waals surface area contributed by atoms with E-state index in [1.54, 1.807) is 16.2 Å². The molecule has 1 aromatic heterocycles. The topological polar surface area (TPSA) is 46.3 Å². The van der Waals surface area contributed by atoms with Crippen LogP contribution < -0.4 is 5.73 Å². The Kier molecular flexibility index (Phi) is 5.35. The van der Waals surface area contributed by atoms with E-state index in [1.165, 1.54) is 5.56 Å². The highest BCUT2D eigenvalue weighted by Gasteiger charge is 2.19. The summed E-state index contributed by atoms with van der Waals surface area (Å²) in [6.45, 7) is 7.11. The number of amides is 1. The fourth-order valence-electron chi connectivity index (χ4n) is 1.98. The first kappa shape index (κ1) is 15.2. The van der Waals surface area contributed by atoms with Crippen molar-refractivity contribution in [2.24, 2.45) is 11.1 Å². The zero-order chi connectivity index (χ0) is 13.8. The van der Waals surface area contributed by atoms with E-state index >= 15 is 0 Å². The molecule has 1 heterocycles. The molecule has 1 rings (SSSR count). The molecule has 0 aliphatic rings. The van der Waals surface area contributed by atoms with Crippen LogP contribution >= 0.6 is 11.3 Å². The number of hydrogen-bond donors (Lipinski definition) is 1. The van der Waals surface area contributed by atoms with E-state index < -0.39 is 0 Å². The number of nitrogens with zero attached hydrogens (tertiary/aromatic N) is 1. The third kappa shape index (κ3) is 5.65. The van der Waals surface area contributed by atoms with Crippen LogP contribution in [0, 0.1) is 5.41 Å². The van der Waals surface area contributed by atoms with Crippen molar-refractivity contribution in [3.63, 3.8) is 0 Å². The van der Waals surface area contributed by atoms with Crippen molar-refractivity contribution in [3.8, 4) is 0 Å². The predicted octanol–water partition coefficient (Wildman–Crippen LogP) is 2.86. The summed E-state index contributed by atoms with van der Waals surface area (Å²) in [5, 5.41) is 4.10. The fraction of sp³-hybridized carbons (Fsp3) is 0.643. The molecule has 18 heavy (non-hydrogen) atoms. The van der Waals surface area contributed by atoms with E-state index in [2.05, 4.69) is 26.2 Å². The molecule has 4 heteroatoms. The molecule has 102 valence electrons. The Bertz CT molecular complexity index is 368. The van der Waals surface area contributed by atoms with E-state index in [1.807, 2.05) is 18.5 Å². The number of carbonyl (C=O) groups excluding carboxylic acids is 1. The molecule has 1 unspecified atom stereocenters. The van der Waals surface area contributed by atoms with Gasteiger partial charge in [-0.3, -0.25) is 4.79 Å². The molecule has 0 fully saturated rings. The first-order chi connectivity index (χ1) is 8.28. The van der Waals surface area contributed by atoms with Crippen LogP contribution in [-0.4, -0.2) is 23.9 Å². The summed E-state index contributed by atoms with van der Waals surface area (Å²) in [4.78, 5) is 13.8. The van der Waals surface area contributed by atoms with Crippen molar-refractivity contribution in [3.05, 3.63) is 22.4 Å². The monoisotopic (exact) mass is 268 g/mol. The highest BCUT2D eigenvalue weighted by atomic mass is 32.1. The largest absolute Gasteiger partial charge is 0.341 e. The van der Waals surface area contributed by atoms with Gasteiger partial charge < -0.3 is 10.6 Å². The normalized spacial score (nSPS) is 13.4. The minimum absolute atomic E-state index is 0.0533. The molecule has 0 aliphatic heterocycles. The van der Waals surface area contributed by atoms with Crippen LogP contribution in [0.1, 0.15) is 39.2 Å². The molecule has 0 saturated carbocycles. The van der Waals surface area contributed by atoms with E-state index in [0.29, 0.717) is 13.0 Å². The van der Waals surface area contributed by atoms with Crippen LogP contribution in [0.25, 0.3) is 0 Å². The summed E-state index contributed by atoms with van der Waals surface area (Å²) in [5.41, 5.74) is 7.38. The number of nitrogens with two attached hydrogens (primary N) is 1. The maximum atomic E-state index is 12.0. The smallest absolute Gasteiger partial charge is 0.224 e. The summed E-state index contributed by atoms with van der Waals surface area (Å²) in [6.07, 6.45) is 1.29. The second-order valence-corrected chi connectivity index (χ2v) is 6.89. The molecule has 0 bridgehead atoms. The van der Waals surface area contributed by atoms with E-state index in [0.717, 1.165) is 6.42 Å². The Morgan fingerprint density at radius 3 is 2.67 bits per heavy atom. The zero-order valence-corrected chi connectivity index (χ0v) is 12.6. The van der Waals surface area contributed by atoms with Gasteiger partial charge in [0, 0.05) is 26.1 Å². The second kappa shape index (κ2) is 6.34.